The maximum atomic E-state index is 13.8. The van der Waals surface area contributed by atoms with Crippen molar-refractivity contribution in [2.75, 3.05) is 0 Å². The summed E-state index contributed by atoms with van der Waals surface area (Å²) < 4.78 is 41.4. The summed E-state index contributed by atoms with van der Waals surface area (Å²) in [7, 11) is 0. The molecule has 0 aliphatic rings. The highest BCUT2D eigenvalue weighted by Gasteiger charge is 2.22. The number of nitrogens with zero attached hydrogens (tertiary/aromatic N) is 1. The maximum absolute atomic E-state index is 13.8. The van der Waals surface area contributed by atoms with Gasteiger partial charge in [0.05, 0.1) is 11.3 Å². The number of pyridine rings is 1. The van der Waals surface area contributed by atoms with Gasteiger partial charge in [0.2, 0.25) is 0 Å². The van der Waals surface area contributed by atoms with E-state index in [0.717, 1.165) is 10.6 Å². The van der Waals surface area contributed by atoms with Crippen molar-refractivity contribution < 1.29 is 18.3 Å². The highest BCUT2D eigenvalue weighted by Crippen LogP contribution is 2.33. The molecule has 0 aliphatic carbocycles. The molecule has 7 heteroatoms. The van der Waals surface area contributed by atoms with Crippen molar-refractivity contribution in [3.05, 3.63) is 51.0 Å². The van der Waals surface area contributed by atoms with Crippen molar-refractivity contribution >= 4 is 11.6 Å². The number of hydrogen-bond donors (Lipinski definition) is 1. The first-order valence-electron chi connectivity index (χ1n) is 5.64. The highest BCUT2D eigenvalue weighted by molar-refractivity contribution is 6.30. The van der Waals surface area contributed by atoms with Gasteiger partial charge < -0.3 is 9.67 Å². The average Bonchev–Trinajstić information content (AvgIpc) is 2.34. The lowest BCUT2D eigenvalue weighted by molar-refractivity contribution is 0.465. The third kappa shape index (κ3) is 2.27. The van der Waals surface area contributed by atoms with Crippen LogP contribution in [0.15, 0.2) is 23.0 Å². The number of aromatic nitrogens is 1. The van der Waals surface area contributed by atoms with Crippen LogP contribution in [0, 0.1) is 17.5 Å². The smallest absolute Gasteiger partial charge is 0.270 e. The molecule has 20 heavy (non-hydrogen) atoms. The Morgan fingerprint density at radius 1 is 1.20 bits per heavy atom. The molecule has 0 saturated heterocycles. The molecule has 0 amide bonds. The van der Waals surface area contributed by atoms with E-state index in [1.165, 1.54) is 0 Å². The van der Waals surface area contributed by atoms with Crippen molar-refractivity contribution in [3.63, 3.8) is 0 Å². The van der Waals surface area contributed by atoms with E-state index in [-0.39, 0.29) is 17.3 Å². The first-order chi connectivity index (χ1) is 9.36. The van der Waals surface area contributed by atoms with Crippen molar-refractivity contribution in [2.24, 2.45) is 0 Å². The lowest BCUT2D eigenvalue weighted by atomic mass is 10.1. The van der Waals surface area contributed by atoms with Gasteiger partial charge >= 0.3 is 0 Å². The van der Waals surface area contributed by atoms with Gasteiger partial charge in [0.15, 0.2) is 0 Å². The standard InChI is InChI=1S/C13H9ClF3NO2/c1-2-18-12(10(19)5-7(14)13(18)20)11-8(16)3-6(15)4-9(11)17/h3-5,19H,2H2,1H3. The molecular formula is C13H9ClF3NO2. The van der Waals surface area contributed by atoms with E-state index in [4.69, 9.17) is 11.6 Å². The van der Waals surface area contributed by atoms with Gasteiger partial charge in [-0.2, -0.15) is 0 Å². The Hall–Kier alpha value is -1.95. The predicted octanol–water partition coefficient (Wildman–Crippen LogP) is 3.31. The molecule has 1 heterocycles. The summed E-state index contributed by atoms with van der Waals surface area (Å²) in [6.07, 6.45) is 0. The van der Waals surface area contributed by atoms with Crippen molar-refractivity contribution in [3.8, 4) is 17.0 Å². The molecule has 0 atom stereocenters. The van der Waals surface area contributed by atoms with Gasteiger partial charge in [-0.25, -0.2) is 13.2 Å². The van der Waals surface area contributed by atoms with Crippen LogP contribution >= 0.6 is 11.6 Å². The minimum Gasteiger partial charge on any atom is -0.506 e. The summed E-state index contributed by atoms with van der Waals surface area (Å²) >= 11 is 5.62. The van der Waals surface area contributed by atoms with Crippen LogP contribution < -0.4 is 5.56 Å². The second kappa shape index (κ2) is 5.20. The summed E-state index contributed by atoms with van der Waals surface area (Å²) in [5.41, 5.74) is -1.76. The minimum atomic E-state index is -1.22. The normalized spacial score (nSPS) is 10.8. The quantitative estimate of drug-likeness (QED) is 0.925. The summed E-state index contributed by atoms with van der Waals surface area (Å²) in [4.78, 5) is 11.8. The van der Waals surface area contributed by atoms with Crippen molar-refractivity contribution in [1.82, 2.24) is 4.57 Å². The van der Waals surface area contributed by atoms with Crippen LogP contribution in [-0.4, -0.2) is 9.67 Å². The largest absolute Gasteiger partial charge is 0.506 e. The van der Waals surface area contributed by atoms with Gasteiger partial charge in [0.1, 0.15) is 28.2 Å². The zero-order valence-corrected chi connectivity index (χ0v) is 11.0. The predicted molar refractivity (Wildman–Crippen MR) is 68.4 cm³/mol. The molecule has 0 bridgehead atoms. The molecular weight excluding hydrogens is 295 g/mol. The van der Waals surface area contributed by atoms with Crippen LogP contribution in [0.25, 0.3) is 11.3 Å². The number of hydrogen-bond acceptors (Lipinski definition) is 2. The minimum absolute atomic E-state index is 0.0263. The fourth-order valence-corrected chi connectivity index (χ4v) is 2.16. The van der Waals surface area contributed by atoms with E-state index >= 15 is 0 Å². The fraction of sp³-hybridized carbons (Fsp3) is 0.154. The van der Waals surface area contributed by atoms with Gasteiger partial charge in [0.25, 0.3) is 5.56 Å². The molecule has 2 aromatic rings. The average molecular weight is 304 g/mol. The van der Waals surface area contributed by atoms with Crippen LogP contribution in [0.4, 0.5) is 13.2 Å². The molecule has 106 valence electrons. The molecule has 0 fully saturated rings. The van der Waals surface area contributed by atoms with E-state index in [1.54, 1.807) is 6.92 Å². The zero-order chi connectivity index (χ0) is 15.0. The molecule has 1 aromatic heterocycles. The monoisotopic (exact) mass is 303 g/mol. The second-order valence-electron chi connectivity index (χ2n) is 4.02. The van der Waals surface area contributed by atoms with E-state index in [0.29, 0.717) is 12.1 Å². The van der Waals surface area contributed by atoms with Gasteiger partial charge in [-0.05, 0) is 6.92 Å². The molecule has 2 rings (SSSR count). The van der Waals surface area contributed by atoms with E-state index in [1.807, 2.05) is 0 Å². The third-order valence-corrected chi connectivity index (χ3v) is 3.06. The number of benzene rings is 1. The highest BCUT2D eigenvalue weighted by atomic mass is 35.5. The number of rotatable bonds is 2. The molecule has 3 nitrogen and oxygen atoms in total. The van der Waals surface area contributed by atoms with Crippen LogP contribution in [0.5, 0.6) is 5.75 Å². The third-order valence-electron chi connectivity index (χ3n) is 2.79. The van der Waals surface area contributed by atoms with Crippen LogP contribution in [0.2, 0.25) is 5.02 Å². The van der Waals surface area contributed by atoms with Crippen LogP contribution in [-0.2, 0) is 6.54 Å². The molecule has 0 spiro atoms. The Labute approximate surface area is 116 Å². The van der Waals surface area contributed by atoms with Crippen LogP contribution in [0.3, 0.4) is 0 Å². The van der Waals surface area contributed by atoms with Crippen LogP contribution in [0.1, 0.15) is 6.92 Å². The summed E-state index contributed by atoms with van der Waals surface area (Å²) in [5.74, 6) is -4.10. The molecule has 0 saturated carbocycles. The van der Waals surface area contributed by atoms with Gasteiger partial charge in [-0.15, -0.1) is 0 Å². The number of halogens is 4. The maximum Gasteiger partial charge on any atom is 0.270 e. The first-order valence-corrected chi connectivity index (χ1v) is 6.01. The number of aromatic hydroxyl groups is 1. The second-order valence-corrected chi connectivity index (χ2v) is 4.43. The SMILES string of the molecule is CCn1c(-c2c(F)cc(F)cc2F)c(O)cc(Cl)c1=O. The Bertz CT molecular complexity index is 720. The Morgan fingerprint density at radius 3 is 2.25 bits per heavy atom. The molecule has 0 radical (unpaired) electrons. The lowest BCUT2D eigenvalue weighted by Gasteiger charge is -2.14. The molecule has 1 N–H and O–H groups in total. The van der Waals surface area contributed by atoms with Crippen molar-refractivity contribution in [2.45, 2.75) is 13.5 Å². The van der Waals surface area contributed by atoms with Crippen molar-refractivity contribution in [1.29, 1.82) is 0 Å². The van der Waals surface area contributed by atoms with E-state index in [2.05, 4.69) is 0 Å². The lowest BCUT2D eigenvalue weighted by Crippen LogP contribution is -2.22. The Kier molecular flexibility index (Phi) is 3.76. The zero-order valence-electron chi connectivity index (χ0n) is 10.3. The molecule has 0 aliphatic heterocycles. The van der Waals surface area contributed by atoms with E-state index < -0.39 is 34.3 Å². The molecule has 0 unspecified atom stereocenters. The Morgan fingerprint density at radius 2 is 1.75 bits per heavy atom. The molecule has 1 aromatic carbocycles. The topological polar surface area (TPSA) is 42.2 Å². The fourth-order valence-electron chi connectivity index (χ4n) is 1.95. The summed E-state index contributed by atoms with van der Waals surface area (Å²) in [6.45, 7) is 1.57. The van der Waals surface area contributed by atoms with Gasteiger partial charge in [-0.3, -0.25) is 4.79 Å². The Balaban J connectivity index is 2.90. The summed E-state index contributed by atoms with van der Waals surface area (Å²) in [6, 6.07) is 1.83. The van der Waals surface area contributed by atoms with E-state index in [9.17, 15) is 23.1 Å². The summed E-state index contributed by atoms with van der Waals surface area (Å²) in [5, 5.41) is 9.55. The van der Waals surface area contributed by atoms with Gasteiger partial charge in [0, 0.05) is 24.7 Å². The van der Waals surface area contributed by atoms with Gasteiger partial charge in [-0.1, -0.05) is 11.6 Å². The first kappa shape index (κ1) is 14.5.